The molecule has 0 spiro atoms. The van der Waals surface area contributed by atoms with Crippen LogP contribution in [-0.4, -0.2) is 50.3 Å². The van der Waals surface area contributed by atoms with Gasteiger partial charge < -0.3 is 10.0 Å². The standard InChI is InChI=1S/C25H27ClN4O2/c1-25(2,3)23-14-16(6-9-27-23)18-13-22(29-28-15-18)20-5-4-17(12-21(20)26)24(32)30-10-7-19(31)8-11-30/h4-6,9,12-15,19,31H,7-8,10-11H2,1-3H3. The maximum atomic E-state index is 12.8. The Morgan fingerprint density at radius 2 is 1.84 bits per heavy atom. The van der Waals surface area contributed by atoms with Gasteiger partial charge in [-0.25, -0.2) is 0 Å². The van der Waals surface area contributed by atoms with Gasteiger partial charge in [-0.05, 0) is 48.7 Å². The number of likely N-dealkylation sites (tertiary alicyclic amines) is 1. The molecular weight excluding hydrogens is 424 g/mol. The third-order valence-electron chi connectivity index (χ3n) is 5.76. The summed E-state index contributed by atoms with van der Waals surface area (Å²) in [6.07, 6.45) is 4.42. The highest BCUT2D eigenvalue weighted by molar-refractivity contribution is 6.33. The average molecular weight is 451 g/mol. The van der Waals surface area contributed by atoms with Crippen molar-refractivity contribution in [2.75, 3.05) is 13.1 Å². The number of carbonyl (C=O) groups excluding carboxylic acids is 1. The fraction of sp³-hybridized carbons (Fsp3) is 0.360. The van der Waals surface area contributed by atoms with E-state index >= 15 is 0 Å². The minimum absolute atomic E-state index is 0.0581. The van der Waals surface area contributed by atoms with E-state index in [0.717, 1.165) is 22.4 Å². The van der Waals surface area contributed by atoms with Gasteiger partial charge in [0.1, 0.15) is 0 Å². The van der Waals surface area contributed by atoms with Crippen LogP contribution in [0.2, 0.25) is 5.02 Å². The van der Waals surface area contributed by atoms with Gasteiger partial charge >= 0.3 is 0 Å². The number of halogens is 1. The van der Waals surface area contributed by atoms with Gasteiger partial charge in [0, 0.05) is 47.1 Å². The minimum Gasteiger partial charge on any atom is -0.393 e. The van der Waals surface area contributed by atoms with Crippen LogP contribution < -0.4 is 0 Å². The van der Waals surface area contributed by atoms with Crippen LogP contribution >= 0.6 is 11.6 Å². The number of nitrogens with zero attached hydrogens (tertiary/aromatic N) is 4. The zero-order chi connectivity index (χ0) is 22.9. The summed E-state index contributed by atoms with van der Waals surface area (Å²) in [5, 5.41) is 18.6. The SMILES string of the molecule is CC(C)(C)c1cc(-c2cnnc(-c3ccc(C(=O)N4CCC(O)CC4)cc3Cl)c2)ccn1. The van der Waals surface area contributed by atoms with E-state index in [9.17, 15) is 9.90 Å². The Bertz CT molecular complexity index is 1130. The number of pyridine rings is 1. The third-order valence-corrected chi connectivity index (χ3v) is 6.07. The second kappa shape index (κ2) is 8.96. The molecule has 1 aliphatic heterocycles. The number of hydrogen-bond donors (Lipinski definition) is 1. The van der Waals surface area contributed by atoms with Crippen LogP contribution in [0.5, 0.6) is 0 Å². The molecule has 1 N–H and O–H groups in total. The number of aliphatic hydroxyl groups is 1. The van der Waals surface area contributed by atoms with Gasteiger partial charge in [0.05, 0.1) is 23.0 Å². The molecule has 3 aromatic rings. The van der Waals surface area contributed by atoms with Crippen LogP contribution in [0.25, 0.3) is 22.4 Å². The Labute approximate surface area is 193 Å². The van der Waals surface area contributed by atoms with E-state index < -0.39 is 0 Å². The summed E-state index contributed by atoms with van der Waals surface area (Å²) in [6, 6.07) is 11.2. The monoisotopic (exact) mass is 450 g/mol. The lowest BCUT2D eigenvalue weighted by Gasteiger charge is -2.29. The first kappa shape index (κ1) is 22.4. The quantitative estimate of drug-likeness (QED) is 0.622. The number of rotatable bonds is 3. The normalized spacial score (nSPS) is 15.1. The van der Waals surface area contributed by atoms with E-state index in [1.165, 1.54) is 0 Å². The summed E-state index contributed by atoms with van der Waals surface area (Å²) < 4.78 is 0. The Kier molecular flexibility index (Phi) is 6.26. The molecule has 0 unspecified atom stereocenters. The Balaban J connectivity index is 1.60. The van der Waals surface area contributed by atoms with Crippen molar-refractivity contribution in [3.8, 4) is 22.4 Å². The molecule has 1 saturated heterocycles. The van der Waals surface area contributed by atoms with Crippen LogP contribution in [0.15, 0.2) is 48.8 Å². The Morgan fingerprint density at radius 3 is 2.53 bits per heavy atom. The van der Waals surface area contributed by atoms with E-state index in [2.05, 4.69) is 42.0 Å². The van der Waals surface area contributed by atoms with Crippen molar-refractivity contribution in [2.45, 2.75) is 45.1 Å². The molecule has 0 aliphatic carbocycles. The largest absolute Gasteiger partial charge is 0.393 e. The fourth-order valence-electron chi connectivity index (χ4n) is 3.78. The molecule has 3 heterocycles. The van der Waals surface area contributed by atoms with Gasteiger partial charge in [-0.2, -0.15) is 10.2 Å². The summed E-state index contributed by atoms with van der Waals surface area (Å²) in [5.41, 5.74) is 4.76. The number of piperidine rings is 1. The first-order valence-corrected chi connectivity index (χ1v) is 11.2. The summed E-state index contributed by atoms with van der Waals surface area (Å²) in [6.45, 7) is 7.49. The van der Waals surface area contributed by atoms with E-state index in [1.807, 2.05) is 24.4 Å². The summed E-state index contributed by atoms with van der Waals surface area (Å²) in [4.78, 5) is 19.1. The smallest absolute Gasteiger partial charge is 0.253 e. The first-order valence-electron chi connectivity index (χ1n) is 10.8. The third kappa shape index (κ3) is 4.81. The molecule has 1 amide bonds. The van der Waals surface area contributed by atoms with Crippen molar-refractivity contribution in [1.29, 1.82) is 0 Å². The van der Waals surface area contributed by atoms with Crippen molar-refractivity contribution in [3.05, 3.63) is 65.1 Å². The molecule has 0 bridgehead atoms. The maximum absolute atomic E-state index is 12.8. The molecule has 1 fully saturated rings. The van der Waals surface area contributed by atoms with Crippen LogP contribution in [-0.2, 0) is 5.41 Å². The Hall–Kier alpha value is -2.83. The molecule has 166 valence electrons. The van der Waals surface area contributed by atoms with Crippen LogP contribution in [0.3, 0.4) is 0 Å². The zero-order valence-electron chi connectivity index (χ0n) is 18.5. The van der Waals surface area contributed by atoms with E-state index in [-0.39, 0.29) is 17.4 Å². The molecule has 32 heavy (non-hydrogen) atoms. The van der Waals surface area contributed by atoms with Crippen molar-refractivity contribution >= 4 is 17.5 Å². The number of aromatic nitrogens is 3. The first-order chi connectivity index (χ1) is 15.2. The van der Waals surface area contributed by atoms with Crippen molar-refractivity contribution < 1.29 is 9.90 Å². The number of amides is 1. The highest BCUT2D eigenvalue weighted by Gasteiger charge is 2.23. The Morgan fingerprint density at radius 1 is 1.09 bits per heavy atom. The lowest BCUT2D eigenvalue weighted by atomic mass is 9.90. The predicted molar refractivity (Wildman–Crippen MR) is 126 cm³/mol. The van der Waals surface area contributed by atoms with Crippen molar-refractivity contribution in [3.63, 3.8) is 0 Å². The highest BCUT2D eigenvalue weighted by atomic mass is 35.5. The van der Waals surface area contributed by atoms with E-state index in [4.69, 9.17) is 11.6 Å². The topological polar surface area (TPSA) is 79.2 Å². The van der Waals surface area contributed by atoms with Gasteiger partial charge in [0.15, 0.2) is 0 Å². The number of hydrogen-bond acceptors (Lipinski definition) is 5. The molecule has 7 heteroatoms. The molecule has 0 radical (unpaired) electrons. The average Bonchev–Trinajstić information content (AvgIpc) is 2.78. The van der Waals surface area contributed by atoms with E-state index in [0.29, 0.717) is 42.2 Å². The van der Waals surface area contributed by atoms with Gasteiger partial charge in [0.25, 0.3) is 5.91 Å². The number of carbonyl (C=O) groups is 1. The highest BCUT2D eigenvalue weighted by Crippen LogP contribution is 2.31. The van der Waals surface area contributed by atoms with Crippen molar-refractivity contribution in [2.24, 2.45) is 0 Å². The lowest BCUT2D eigenvalue weighted by Crippen LogP contribution is -2.40. The molecule has 1 aromatic carbocycles. The molecule has 4 rings (SSSR count). The van der Waals surface area contributed by atoms with Gasteiger partial charge in [-0.1, -0.05) is 38.4 Å². The van der Waals surface area contributed by atoms with Gasteiger partial charge in [-0.3, -0.25) is 9.78 Å². The van der Waals surface area contributed by atoms with Crippen LogP contribution in [0.1, 0.15) is 49.7 Å². The molecule has 1 aliphatic rings. The molecular formula is C25H27ClN4O2. The predicted octanol–water partition coefficient (Wildman–Crippen LogP) is 4.75. The minimum atomic E-state index is -0.323. The molecule has 0 atom stereocenters. The molecule has 2 aromatic heterocycles. The summed E-state index contributed by atoms with van der Waals surface area (Å²) >= 11 is 6.56. The second-order valence-corrected chi connectivity index (χ2v) is 9.63. The molecule has 6 nitrogen and oxygen atoms in total. The molecule has 0 saturated carbocycles. The van der Waals surface area contributed by atoms with Crippen molar-refractivity contribution in [1.82, 2.24) is 20.1 Å². The van der Waals surface area contributed by atoms with Crippen LogP contribution in [0, 0.1) is 0 Å². The number of benzene rings is 1. The number of aliphatic hydroxyl groups excluding tert-OH is 1. The second-order valence-electron chi connectivity index (χ2n) is 9.23. The van der Waals surface area contributed by atoms with Gasteiger partial charge in [0.2, 0.25) is 0 Å². The summed E-state index contributed by atoms with van der Waals surface area (Å²) in [5.74, 6) is -0.0725. The summed E-state index contributed by atoms with van der Waals surface area (Å²) in [7, 11) is 0. The zero-order valence-corrected chi connectivity index (χ0v) is 19.3. The maximum Gasteiger partial charge on any atom is 0.253 e. The van der Waals surface area contributed by atoms with E-state index in [1.54, 1.807) is 23.2 Å². The lowest BCUT2D eigenvalue weighted by molar-refractivity contribution is 0.0546. The van der Waals surface area contributed by atoms with Crippen LogP contribution in [0.4, 0.5) is 0 Å². The fourth-order valence-corrected chi connectivity index (χ4v) is 4.06. The van der Waals surface area contributed by atoms with Gasteiger partial charge in [-0.15, -0.1) is 0 Å².